The largest absolute Gasteiger partial charge is 0.503 e. The van der Waals surface area contributed by atoms with Crippen molar-refractivity contribution < 1.29 is 24.2 Å². The molecule has 0 saturated carbocycles. The van der Waals surface area contributed by atoms with E-state index in [1.165, 1.54) is 18.1 Å². The molecule has 4 rings (SSSR count). The van der Waals surface area contributed by atoms with E-state index < -0.39 is 11.9 Å². The molecule has 0 fully saturated rings. The first-order valence-electron chi connectivity index (χ1n) is 9.03. The number of nitrogens with zero attached hydrogens (tertiary/aromatic N) is 1. The van der Waals surface area contributed by atoms with Gasteiger partial charge >= 0.3 is 0 Å². The van der Waals surface area contributed by atoms with Crippen LogP contribution in [0.15, 0.2) is 37.9 Å². The van der Waals surface area contributed by atoms with E-state index in [2.05, 4.69) is 15.9 Å². The Hall–Kier alpha value is -2.55. The minimum Gasteiger partial charge on any atom is -0.503 e. The first-order chi connectivity index (χ1) is 14.3. The average Bonchev–Trinajstić information content (AvgIpc) is 2.98. The Morgan fingerprint density at radius 1 is 1.27 bits per heavy atom. The molecule has 1 amide bonds. The minimum atomic E-state index is -0.828. The Morgan fingerprint density at radius 2 is 2.00 bits per heavy atom. The molecule has 30 heavy (non-hydrogen) atoms. The van der Waals surface area contributed by atoms with Gasteiger partial charge in [0.15, 0.2) is 16.9 Å². The van der Waals surface area contributed by atoms with Gasteiger partial charge in [0, 0.05) is 11.6 Å². The molecule has 7 nitrogen and oxygen atoms in total. The number of fused-ring (bicyclic) bond motifs is 2. The topological polar surface area (TPSA) is 100 Å². The van der Waals surface area contributed by atoms with Crippen LogP contribution in [0.1, 0.15) is 33.3 Å². The molecule has 1 aliphatic rings. The number of methoxy groups -OCH3 is 1. The zero-order valence-corrected chi connectivity index (χ0v) is 18.4. The van der Waals surface area contributed by atoms with Crippen LogP contribution in [0.3, 0.4) is 0 Å². The van der Waals surface area contributed by atoms with E-state index in [-0.39, 0.29) is 52.4 Å². The second-order valence-corrected chi connectivity index (χ2v) is 8.21. The molecule has 9 heteroatoms. The number of amides is 1. The number of aliphatic hydroxyl groups excluding tert-OH is 1. The van der Waals surface area contributed by atoms with E-state index in [0.29, 0.717) is 20.6 Å². The van der Waals surface area contributed by atoms with Crippen LogP contribution in [0.2, 0.25) is 5.02 Å². The highest BCUT2D eigenvalue weighted by Gasteiger charge is 2.43. The number of β-amino-alcohol motifs (C(OH)–C–C–N with tert-alkyl or cyclic N) is 1. The van der Waals surface area contributed by atoms with Gasteiger partial charge in [-0.3, -0.25) is 9.59 Å². The summed E-state index contributed by atoms with van der Waals surface area (Å²) in [5.74, 6) is -0.505. The van der Waals surface area contributed by atoms with Gasteiger partial charge in [-0.05, 0) is 58.2 Å². The Kier molecular flexibility index (Phi) is 5.25. The van der Waals surface area contributed by atoms with Gasteiger partial charge < -0.3 is 24.3 Å². The average molecular weight is 495 g/mol. The number of phenolic OH excluding ortho intramolecular Hbond substituents is 1. The van der Waals surface area contributed by atoms with E-state index in [1.807, 2.05) is 0 Å². The van der Waals surface area contributed by atoms with Crippen molar-refractivity contribution in [1.82, 2.24) is 4.90 Å². The monoisotopic (exact) mass is 493 g/mol. The fourth-order valence-corrected chi connectivity index (χ4v) is 4.36. The summed E-state index contributed by atoms with van der Waals surface area (Å²) in [5.41, 5.74) is 1.27. The molecule has 2 N–H and O–H groups in total. The Bertz CT molecular complexity index is 1250. The van der Waals surface area contributed by atoms with Gasteiger partial charge in [0.1, 0.15) is 5.58 Å². The minimum absolute atomic E-state index is 0.00984. The summed E-state index contributed by atoms with van der Waals surface area (Å²) in [6.45, 7) is 1.47. The number of benzene rings is 2. The van der Waals surface area contributed by atoms with Gasteiger partial charge in [0.25, 0.3) is 5.91 Å². The lowest BCUT2D eigenvalue weighted by atomic mass is 9.98. The van der Waals surface area contributed by atoms with Crippen molar-refractivity contribution >= 4 is 44.4 Å². The molecule has 1 atom stereocenters. The zero-order valence-electron chi connectivity index (χ0n) is 16.0. The molecule has 1 aromatic heterocycles. The fourth-order valence-electron chi connectivity index (χ4n) is 3.73. The lowest BCUT2D eigenvalue weighted by Crippen LogP contribution is -2.32. The van der Waals surface area contributed by atoms with Crippen molar-refractivity contribution in [2.45, 2.75) is 13.0 Å². The molecule has 1 aliphatic heterocycles. The molecule has 1 unspecified atom stereocenters. The van der Waals surface area contributed by atoms with Crippen molar-refractivity contribution in [3.8, 4) is 11.5 Å². The lowest BCUT2D eigenvalue weighted by molar-refractivity contribution is 0.0691. The maximum Gasteiger partial charge on any atom is 0.290 e. The Morgan fingerprint density at radius 3 is 2.67 bits per heavy atom. The van der Waals surface area contributed by atoms with Crippen molar-refractivity contribution in [2.24, 2.45) is 0 Å². The number of hydrogen-bond acceptors (Lipinski definition) is 6. The smallest absolute Gasteiger partial charge is 0.290 e. The molecule has 0 spiro atoms. The summed E-state index contributed by atoms with van der Waals surface area (Å²) in [7, 11) is 1.40. The van der Waals surface area contributed by atoms with Gasteiger partial charge in [-0.2, -0.15) is 0 Å². The number of ether oxygens (including phenoxy) is 1. The Labute approximate surface area is 184 Å². The fraction of sp³-hybridized carbons (Fsp3) is 0.238. The highest BCUT2D eigenvalue weighted by molar-refractivity contribution is 9.10. The maximum absolute atomic E-state index is 13.4. The van der Waals surface area contributed by atoms with Crippen molar-refractivity contribution in [3.05, 3.63) is 66.4 Å². The van der Waals surface area contributed by atoms with E-state index in [9.17, 15) is 19.8 Å². The van der Waals surface area contributed by atoms with Gasteiger partial charge in [-0.1, -0.05) is 11.6 Å². The lowest BCUT2D eigenvalue weighted by Gasteiger charge is -2.25. The molecule has 0 bridgehead atoms. The van der Waals surface area contributed by atoms with Gasteiger partial charge in [-0.15, -0.1) is 0 Å². The number of rotatable bonds is 4. The zero-order chi connectivity index (χ0) is 21.7. The third-order valence-electron chi connectivity index (χ3n) is 5.17. The molecule has 0 saturated heterocycles. The molecule has 2 heterocycles. The predicted molar refractivity (Wildman–Crippen MR) is 115 cm³/mol. The van der Waals surface area contributed by atoms with E-state index >= 15 is 0 Å². The van der Waals surface area contributed by atoms with Crippen LogP contribution in [0.4, 0.5) is 0 Å². The van der Waals surface area contributed by atoms with E-state index in [1.54, 1.807) is 25.1 Å². The highest BCUT2D eigenvalue weighted by atomic mass is 79.9. The summed E-state index contributed by atoms with van der Waals surface area (Å²) < 4.78 is 11.4. The molecular formula is C21H17BrClNO6. The van der Waals surface area contributed by atoms with Crippen LogP contribution >= 0.6 is 27.5 Å². The standard InChI is InChI=1S/C21H17BrClNO6/c1-9-5-14-11(8-13(9)23)18(26)16-17(24(3-4-25)21(28)20(16)30-14)10-6-12(22)19(27)15(7-10)29-2/h5-8,17,25,27H,3-4H2,1-2H3. The number of hydrogen-bond donors (Lipinski definition) is 2. The van der Waals surface area contributed by atoms with Crippen LogP contribution in [0.5, 0.6) is 11.5 Å². The molecule has 0 radical (unpaired) electrons. The summed E-state index contributed by atoms with van der Waals surface area (Å²) >= 11 is 9.48. The quantitative estimate of drug-likeness (QED) is 0.573. The predicted octanol–water partition coefficient (Wildman–Crippen LogP) is 3.77. The van der Waals surface area contributed by atoms with Gasteiger partial charge in [0.05, 0.1) is 35.2 Å². The highest BCUT2D eigenvalue weighted by Crippen LogP contribution is 2.43. The summed E-state index contributed by atoms with van der Waals surface area (Å²) in [5, 5.41) is 20.3. The number of aryl methyl sites for hydroxylation is 1. The molecular weight excluding hydrogens is 478 g/mol. The van der Waals surface area contributed by atoms with Crippen LogP contribution in [0, 0.1) is 6.92 Å². The number of aromatic hydroxyl groups is 1. The summed E-state index contributed by atoms with van der Waals surface area (Å²) in [6, 6.07) is 5.47. The normalized spacial score (nSPS) is 15.7. The van der Waals surface area contributed by atoms with Gasteiger partial charge in [0.2, 0.25) is 5.76 Å². The maximum atomic E-state index is 13.4. The van der Waals surface area contributed by atoms with E-state index in [4.69, 9.17) is 20.8 Å². The van der Waals surface area contributed by atoms with Crippen molar-refractivity contribution in [1.29, 1.82) is 0 Å². The third kappa shape index (κ3) is 3.07. The summed E-state index contributed by atoms with van der Waals surface area (Å²) in [4.78, 5) is 27.9. The second-order valence-electron chi connectivity index (χ2n) is 6.95. The molecule has 0 aliphatic carbocycles. The van der Waals surface area contributed by atoms with Crippen molar-refractivity contribution in [3.63, 3.8) is 0 Å². The van der Waals surface area contributed by atoms with Gasteiger partial charge in [-0.25, -0.2) is 0 Å². The summed E-state index contributed by atoms with van der Waals surface area (Å²) in [6.07, 6.45) is 0. The first kappa shape index (κ1) is 20.7. The van der Waals surface area contributed by atoms with E-state index in [0.717, 1.165) is 0 Å². The first-order valence-corrected chi connectivity index (χ1v) is 10.2. The Balaban J connectivity index is 2.04. The molecule has 156 valence electrons. The van der Waals surface area contributed by atoms with Crippen LogP contribution < -0.4 is 10.2 Å². The number of carbonyl (C=O) groups excluding carboxylic acids is 1. The number of carbonyl (C=O) groups is 1. The third-order valence-corrected chi connectivity index (χ3v) is 6.19. The van der Waals surface area contributed by atoms with Crippen LogP contribution in [0.25, 0.3) is 11.0 Å². The number of aliphatic hydroxyl groups is 1. The molecule has 2 aromatic carbocycles. The SMILES string of the molecule is COc1cc(C2c3c(oc4cc(C)c(Cl)cc4c3=O)C(=O)N2CCO)cc(Br)c1O. The number of halogens is 2. The van der Waals surface area contributed by atoms with Crippen LogP contribution in [-0.4, -0.2) is 41.3 Å². The second kappa shape index (κ2) is 7.61. The van der Waals surface area contributed by atoms with Crippen molar-refractivity contribution in [2.75, 3.05) is 20.3 Å². The molecule has 3 aromatic rings. The van der Waals surface area contributed by atoms with Crippen LogP contribution in [-0.2, 0) is 0 Å². The number of phenols is 1.